The van der Waals surface area contributed by atoms with E-state index in [0.29, 0.717) is 22.5 Å². The number of allylic oxidation sites excluding steroid dienone is 6. The molecule has 0 heterocycles. The van der Waals surface area contributed by atoms with Gasteiger partial charge in [-0.25, -0.2) is 8.93 Å². The second kappa shape index (κ2) is 13.7. The number of nitrogens with one attached hydrogen (secondary N) is 1. The third-order valence-corrected chi connectivity index (χ3v) is 7.79. The van der Waals surface area contributed by atoms with E-state index in [1.165, 1.54) is 0 Å². The number of hydrogen-bond acceptors (Lipinski definition) is 4. The molecule has 0 spiro atoms. The maximum Gasteiger partial charge on any atom is 0.318 e. The van der Waals surface area contributed by atoms with Crippen LogP contribution in [0, 0.1) is 11.3 Å². The highest BCUT2D eigenvalue weighted by Crippen LogP contribution is 2.59. The first-order valence-electron chi connectivity index (χ1n) is 12.7. The van der Waals surface area contributed by atoms with Crippen LogP contribution in [0.2, 0.25) is 0 Å². The van der Waals surface area contributed by atoms with Crippen LogP contribution in [-0.4, -0.2) is 39.5 Å². The molecule has 2 aromatic rings. The minimum absolute atomic E-state index is 0.123. The third kappa shape index (κ3) is 8.92. The topological polar surface area (TPSA) is 113 Å². The summed E-state index contributed by atoms with van der Waals surface area (Å²) in [5.41, 5.74) is 2.51. The summed E-state index contributed by atoms with van der Waals surface area (Å²) in [6.45, 7) is 6.36. The lowest BCUT2D eigenvalue weighted by molar-refractivity contribution is -0.142. The number of benzene rings is 2. The fourth-order valence-electron chi connectivity index (χ4n) is 3.97. The zero-order chi connectivity index (χ0) is 28.6. The highest BCUT2D eigenvalue weighted by molar-refractivity contribution is 7.83. The molecule has 0 saturated heterocycles. The highest BCUT2D eigenvalue weighted by Gasteiger charge is 2.57. The Labute approximate surface area is 236 Å². The molecule has 1 saturated carbocycles. The number of aliphatic carboxylic acids is 2. The molecule has 2 aliphatic carbocycles. The van der Waals surface area contributed by atoms with Gasteiger partial charge in [-0.3, -0.25) is 9.59 Å². The molecule has 3 unspecified atom stereocenters. The maximum absolute atomic E-state index is 11.8. The maximum atomic E-state index is 11.8. The number of rotatable bonds is 10. The van der Waals surface area contributed by atoms with Gasteiger partial charge in [-0.05, 0) is 72.7 Å². The molecule has 1 fully saturated rings. The first-order valence-corrected chi connectivity index (χ1v) is 14.2. The summed E-state index contributed by atoms with van der Waals surface area (Å²) >= 11 is 5.95. The van der Waals surface area contributed by atoms with Crippen LogP contribution >= 0.6 is 11.6 Å². The first kappa shape index (κ1) is 30.3. The van der Waals surface area contributed by atoms with Crippen molar-refractivity contribution in [2.45, 2.75) is 44.4 Å². The summed E-state index contributed by atoms with van der Waals surface area (Å²) in [5, 5.41) is 18.4. The van der Waals surface area contributed by atoms with Crippen LogP contribution in [0.3, 0.4) is 0 Å². The quantitative estimate of drug-likeness (QED) is 0.315. The van der Waals surface area contributed by atoms with Gasteiger partial charge in [0.05, 0.1) is 16.9 Å². The zero-order valence-corrected chi connectivity index (χ0v) is 23.8. The van der Waals surface area contributed by atoms with Crippen molar-refractivity contribution in [1.29, 1.82) is 0 Å². The van der Waals surface area contributed by atoms with Crippen LogP contribution in [0.1, 0.15) is 50.7 Å². The Morgan fingerprint density at radius 1 is 1.13 bits per heavy atom. The van der Waals surface area contributed by atoms with Gasteiger partial charge in [0.2, 0.25) is 0 Å². The van der Waals surface area contributed by atoms with Crippen molar-refractivity contribution < 1.29 is 28.7 Å². The van der Waals surface area contributed by atoms with Gasteiger partial charge in [-0.2, -0.15) is 0 Å². The van der Waals surface area contributed by atoms with Crippen LogP contribution < -0.4 is 9.46 Å². The molecular formula is C30H34ClNO6S. The minimum Gasteiger partial charge on any atom is -0.493 e. The molecule has 2 aromatic carbocycles. The average Bonchev–Trinajstić information content (AvgIpc) is 3.66. The van der Waals surface area contributed by atoms with Crippen LogP contribution in [0.4, 0.5) is 0 Å². The van der Waals surface area contributed by atoms with Gasteiger partial charge >= 0.3 is 11.9 Å². The largest absolute Gasteiger partial charge is 0.493 e. The summed E-state index contributed by atoms with van der Waals surface area (Å²) in [7, 11) is -1.53. The molecule has 0 amide bonds. The van der Waals surface area contributed by atoms with E-state index in [1.807, 2.05) is 61.5 Å². The average molecular weight is 572 g/mol. The van der Waals surface area contributed by atoms with Crippen molar-refractivity contribution in [3.8, 4) is 5.75 Å². The van der Waals surface area contributed by atoms with Crippen LogP contribution in [0.5, 0.6) is 5.75 Å². The van der Waals surface area contributed by atoms with Gasteiger partial charge in [0.1, 0.15) is 23.3 Å². The van der Waals surface area contributed by atoms with E-state index in [1.54, 1.807) is 12.1 Å². The van der Waals surface area contributed by atoms with Crippen LogP contribution in [-0.2, 0) is 20.6 Å². The lowest BCUT2D eigenvalue weighted by Gasteiger charge is -2.10. The van der Waals surface area contributed by atoms with E-state index in [2.05, 4.69) is 24.6 Å². The third-order valence-electron chi connectivity index (χ3n) is 6.40. The molecule has 0 aliphatic heterocycles. The van der Waals surface area contributed by atoms with E-state index in [-0.39, 0.29) is 12.5 Å². The van der Waals surface area contributed by atoms with E-state index < -0.39 is 28.3 Å². The fourth-order valence-corrected chi connectivity index (χ4v) is 4.93. The van der Waals surface area contributed by atoms with Crippen molar-refractivity contribution in [1.82, 2.24) is 4.72 Å². The van der Waals surface area contributed by atoms with Crippen LogP contribution in [0.25, 0.3) is 5.57 Å². The Morgan fingerprint density at radius 3 is 2.46 bits per heavy atom. The molecule has 9 heteroatoms. The van der Waals surface area contributed by atoms with E-state index in [9.17, 15) is 13.8 Å². The van der Waals surface area contributed by atoms with E-state index in [0.717, 1.165) is 35.3 Å². The van der Waals surface area contributed by atoms with Gasteiger partial charge in [-0.1, -0.05) is 67.9 Å². The number of hydrogen-bond donors (Lipinski definition) is 3. The van der Waals surface area contributed by atoms with Crippen molar-refractivity contribution in [2.24, 2.45) is 11.3 Å². The molecule has 0 bridgehead atoms. The van der Waals surface area contributed by atoms with Gasteiger partial charge in [0.25, 0.3) is 0 Å². The van der Waals surface area contributed by atoms with Crippen molar-refractivity contribution in [3.63, 3.8) is 0 Å². The van der Waals surface area contributed by atoms with Gasteiger partial charge in [0.15, 0.2) is 0 Å². The van der Waals surface area contributed by atoms with Crippen molar-refractivity contribution in [2.75, 3.05) is 13.2 Å². The predicted molar refractivity (Wildman–Crippen MR) is 154 cm³/mol. The minimum atomic E-state index is -1.53. The Morgan fingerprint density at radius 2 is 1.85 bits per heavy atom. The first-order chi connectivity index (χ1) is 18.5. The molecule has 0 radical (unpaired) electrons. The SMILES string of the molecule is CC(C)COc1cccc(C2CC2(C)C(=O)O)c1.O=C(O)CNS(=O)c1ccc(C2=CCC=C(Cl)C=C2)cc1. The molecule has 7 nitrogen and oxygen atoms in total. The number of carboxylic acid groups (broad SMARTS) is 2. The Kier molecular flexibility index (Phi) is 10.7. The summed E-state index contributed by atoms with van der Waals surface area (Å²) in [6.07, 6.45) is 9.22. The molecule has 39 heavy (non-hydrogen) atoms. The summed E-state index contributed by atoms with van der Waals surface area (Å²) in [4.78, 5) is 22.1. The van der Waals surface area contributed by atoms with Gasteiger partial charge in [-0.15, -0.1) is 0 Å². The normalized spacial score (nSPS) is 20.6. The highest BCUT2D eigenvalue weighted by atomic mass is 35.5. The van der Waals surface area contributed by atoms with Gasteiger partial charge in [0, 0.05) is 11.0 Å². The fraction of sp³-hybridized carbons (Fsp3) is 0.333. The Hall–Kier alpha value is -3.20. The zero-order valence-electron chi connectivity index (χ0n) is 22.2. The molecule has 0 aromatic heterocycles. The number of ether oxygens (including phenoxy) is 1. The number of carboxylic acids is 2. The second-order valence-corrected chi connectivity index (χ2v) is 11.8. The molecular weight excluding hydrogens is 538 g/mol. The second-order valence-electron chi connectivity index (χ2n) is 10.1. The molecule has 3 atom stereocenters. The monoisotopic (exact) mass is 571 g/mol. The van der Waals surface area contributed by atoms with Crippen molar-refractivity contribution in [3.05, 3.63) is 89.0 Å². The predicted octanol–water partition coefficient (Wildman–Crippen LogP) is 6.15. The lowest BCUT2D eigenvalue weighted by Crippen LogP contribution is -2.24. The van der Waals surface area contributed by atoms with E-state index in [4.69, 9.17) is 26.6 Å². The Balaban J connectivity index is 0.000000218. The van der Waals surface area contributed by atoms with Crippen LogP contribution in [0.15, 0.2) is 82.8 Å². The summed E-state index contributed by atoms with van der Waals surface area (Å²) < 4.78 is 19.9. The molecule has 3 N–H and O–H groups in total. The molecule has 208 valence electrons. The summed E-state index contributed by atoms with van der Waals surface area (Å²) in [6, 6.07) is 15.0. The number of carbonyl (C=O) groups is 2. The van der Waals surface area contributed by atoms with E-state index >= 15 is 0 Å². The van der Waals surface area contributed by atoms with Crippen molar-refractivity contribution >= 4 is 40.1 Å². The molecule has 2 aliphatic rings. The standard InChI is InChI=1S/C15H14ClNO3S.C15H20O3/c16-13-3-1-2-11(4-7-13)12-5-8-14(9-6-12)21(20)17-10-15(18)19;1-10(2)9-18-12-6-4-5-11(7-12)13-8-15(13,3)14(16)17/h2-9,17H,1,10H2,(H,18,19);4-7,10,13H,8-9H2,1-3H3,(H,16,17). The summed E-state index contributed by atoms with van der Waals surface area (Å²) in [5.74, 6) is -0.309. The van der Waals surface area contributed by atoms with Gasteiger partial charge < -0.3 is 14.9 Å². The smallest absolute Gasteiger partial charge is 0.318 e. The molecule has 4 rings (SSSR count). The lowest BCUT2D eigenvalue weighted by atomic mass is 10.0. The number of halogens is 1. The Bertz CT molecular complexity index is 1300.